The Morgan fingerprint density at radius 2 is 1.79 bits per heavy atom. The number of aliphatic carboxylic acids is 2. The Morgan fingerprint density at radius 3 is 2.44 bits per heavy atom. The summed E-state index contributed by atoms with van der Waals surface area (Å²) in [5.41, 5.74) is 12.0. The Balaban J connectivity index is 1.77. The largest absolute Gasteiger partial charge is 0.503 e. The maximum absolute atomic E-state index is 13.5. The summed E-state index contributed by atoms with van der Waals surface area (Å²) in [5.74, 6) is -5.43. The van der Waals surface area contributed by atoms with E-state index in [4.69, 9.17) is 16.3 Å². The number of hydrogen-bond acceptors (Lipinski definition) is 15. The number of carboxylic acids is 2. The number of carbonyl (C=O) groups excluding carboxylic acids is 3. The number of nitrogens with one attached hydrogen (secondary N) is 3. The Morgan fingerprint density at radius 1 is 1.10 bits per heavy atom. The molecule has 1 fully saturated rings. The van der Waals surface area contributed by atoms with Crippen molar-refractivity contribution in [1.29, 1.82) is 0 Å². The van der Waals surface area contributed by atoms with Crippen molar-refractivity contribution in [2.75, 3.05) is 25.4 Å². The maximum atomic E-state index is 13.5. The van der Waals surface area contributed by atoms with Gasteiger partial charge in [0.1, 0.15) is 28.5 Å². The van der Waals surface area contributed by atoms with Gasteiger partial charge in [-0.25, -0.2) is 9.59 Å². The van der Waals surface area contributed by atoms with E-state index in [0.717, 1.165) is 48.4 Å². The van der Waals surface area contributed by atoms with E-state index in [1.54, 1.807) is 42.2 Å². The molecule has 2 aliphatic rings. The number of unbranched alkanes of at least 4 members (excludes halogenated alkanes) is 2. The van der Waals surface area contributed by atoms with Crippen molar-refractivity contribution in [3.05, 3.63) is 97.4 Å². The van der Waals surface area contributed by atoms with Gasteiger partial charge in [0.15, 0.2) is 30.4 Å². The second kappa shape index (κ2) is 24.1. The number of oxime groups is 1. The Bertz CT molecular complexity index is 2190. The molecule has 3 heterocycles. The lowest BCUT2D eigenvalue weighted by Gasteiger charge is -2.49. The number of nitrogens with zero attached hydrogens (tertiary/aromatic N) is 4. The van der Waals surface area contributed by atoms with E-state index < -0.39 is 58.4 Å². The van der Waals surface area contributed by atoms with E-state index in [2.05, 4.69) is 21.1 Å². The number of β-lactam (4-membered cyclic amide) rings is 1. The molecule has 3 amide bonds. The fraction of sp³-hybridized carbons (Fsp3) is 0.400. The van der Waals surface area contributed by atoms with Gasteiger partial charge in [-0.05, 0) is 62.3 Å². The number of aromatic nitrogens is 1. The SMILES string of the molecule is CCC/C=C/[N+](=C\C(NCCNC(=O)c1cc(=O)c(O)cn1O)=C(/C)N)C/C=C/C1=C(C(=O)O)N2C(=O)[C@@H](NC(=O)C(=N\O[C@@H](C)C(=O)O)/C(C)=C/S/C(N)=C/CCC)C2SC1. The number of allylic oxidation sites excluding steroid dienone is 5. The van der Waals surface area contributed by atoms with Gasteiger partial charge < -0.3 is 52.8 Å². The van der Waals surface area contributed by atoms with Gasteiger partial charge in [-0.2, -0.15) is 9.31 Å². The number of carbonyl (C=O) groups is 5. The minimum absolute atomic E-state index is 0.0618. The van der Waals surface area contributed by atoms with E-state index >= 15 is 0 Å². The minimum Gasteiger partial charge on any atom is -0.503 e. The van der Waals surface area contributed by atoms with Crippen LogP contribution in [0.4, 0.5) is 0 Å². The Hall–Kier alpha value is -6.42. The molecule has 1 aromatic rings. The van der Waals surface area contributed by atoms with Gasteiger partial charge in [0.25, 0.3) is 17.7 Å². The summed E-state index contributed by atoms with van der Waals surface area (Å²) in [6.45, 7) is 8.96. The van der Waals surface area contributed by atoms with Crippen LogP contribution in [0.3, 0.4) is 0 Å². The van der Waals surface area contributed by atoms with Crippen LogP contribution in [0.15, 0.2) is 91.4 Å². The van der Waals surface area contributed by atoms with E-state index in [1.165, 1.54) is 18.7 Å². The van der Waals surface area contributed by atoms with Crippen LogP contribution < -0.4 is 32.8 Å². The number of nitrogens with two attached hydrogens (primary N) is 2. The highest BCUT2D eigenvalue weighted by Gasteiger charge is 2.54. The molecule has 1 aromatic heterocycles. The van der Waals surface area contributed by atoms with Gasteiger partial charge in [0, 0.05) is 30.6 Å². The molecule has 62 heavy (non-hydrogen) atoms. The first-order valence-electron chi connectivity index (χ1n) is 19.5. The van der Waals surface area contributed by atoms with Crippen LogP contribution in [0.2, 0.25) is 0 Å². The molecule has 0 radical (unpaired) electrons. The lowest BCUT2D eigenvalue weighted by atomic mass is 10.0. The van der Waals surface area contributed by atoms with Crippen LogP contribution in [-0.2, 0) is 24.0 Å². The molecular weight excluding hydrogens is 847 g/mol. The van der Waals surface area contributed by atoms with Crippen molar-refractivity contribution in [3.63, 3.8) is 0 Å². The summed E-state index contributed by atoms with van der Waals surface area (Å²) in [6.07, 6.45) is 13.3. The third kappa shape index (κ3) is 14.1. The Kier molecular flexibility index (Phi) is 19.4. The zero-order chi connectivity index (χ0) is 46.1. The highest BCUT2D eigenvalue weighted by molar-refractivity contribution is 8.05. The molecule has 11 N–H and O–H groups in total. The van der Waals surface area contributed by atoms with Gasteiger partial charge in [-0.15, -0.1) is 11.8 Å². The molecule has 2 aliphatic heterocycles. The van der Waals surface area contributed by atoms with E-state index in [-0.39, 0.29) is 48.1 Å². The van der Waals surface area contributed by atoms with Crippen molar-refractivity contribution < 1.29 is 53.9 Å². The fourth-order valence-corrected chi connectivity index (χ4v) is 7.40. The second-order valence-corrected chi connectivity index (χ2v) is 15.9. The van der Waals surface area contributed by atoms with Gasteiger partial charge in [0.2, 0.25) is 11.5 Å². The van der Waals surface area contributed by atoms with Crippen LogP contribution in [0.25, 0.3) is 0 Å². The molecule has 0 bridgehead atoms. The third-order valence-corrected chi connectivity index (χ3v) is 11.0. The predicted molar refractivity (Wildman–Crippen MR) is 235 cm³/mol. The molecule has 3 rings (SSSR count). The molecule has 336 valence electrons. The monoisotopic (exact) mass is 900 g/mol. The average Bonchev–Trinajstić information content (AvgIpc) is 3.22. The molecule has 0 aromatic carbocycles. The standard InChI is InChI=1S/C40H53N9O11S2/c1-6-8-10-16-47(19-27(24(4)41)43-14-15-44-35(52)28-18-29(50)30(51)20-48(28)59)17-11-12-26-22-62-38-33(37(54)49(38)34(26)40(57)58)45-36(53)32(46-60-25(5)39(55)56)23(3)21-61-31(42)13-9-7-2/h10-13,16,18-21,25,33,38,41,43,59H,6-9,14-15,17,22,42H2,1-5H3,(H5,44,45,51,52,53,55,56,57,58)/p+1/b12-11+,16-10+,23-21+,31-13+,46-32-/t25-,33+,38?/m0/s1. The zero-order valence-electron chi connectivity index (χ0n) is 35.0. The molecular formula is C40H54N9O11S2+. The molecule has 1 saturated heterocycles. The molecule has 1 unspecified atom stereocenters. The number of hydrogen-bond donors (Lipinski definition) is 9. The number of rotatable bonds is 23. The summed E-state index contributed by atoms with van der Waals surface area (Å²) in [7, 11) is 0. The molecule has 3 atom stereocenters. The number of thioether (sulfide) groups is 2. The molecule has 22 heteroatoms. The fourth-order valence-electron chi connectivity index (χ4n) is 5.45. The topological polar surface area (TPSA) is 304 Å². The van der Waals surface area contributed by atoms with Crippen LogP contribution in [-0.4, -0.2) is 119 Å². The first-order chi connectivity index (χ1) is 29.4. The first kappa shape index (κ1) is 49.9. The molecule has 0 spiro atoms. The van der Waals surface area contributed by atoms with Crippen LogP contribution in [0.5, 0.6) is 5.75 Å². The third-order valence-electron chi connectivity index (χ3n) is 8.81. The van der Waals surface area contributed by atoms with E-state index in [9.17, 15) is 49.3 Å². The average molecular weight is 901 g/mol. The minimum atomic E-state index is -1.38. The predicted octanol–water partition coefficient (Wildman–Crippen LogP) is 2.08. The highest BCUT2D eigenvalue weighted by atomic mass is 32.2. The van der Waals surface area contributed by atoms with Crippen molar-refractivity contribution in [2.24, 2.45) is 16.6 Å². The lowest BCUT2D eigenvalue weighted by Crippen LogP contribution is -2.71. The number of carboxylic acid groups (broad SMARTS) is 2. The van der Waals surface area contributed by atoms with Gasteiger partial charge in [-0.1, -0.05) is 55.8 Å². The summed E-state index contributed by atoms with van der Waals surface area (Å²) in [4.78, 5) is 81.4. The number of pyridine rings is 1. The van der Waals surface area contributed by atoms with Crippen LogP contribution >= 0.6 is 23.5 Å². The van der Waals surface area contributed by atoms with E-state index in [1.807, 2.05) is 32.2 Å². The van der Waals surface area contributed by atoms with Crippen molar-refractivity contribution in [2.45, 2.75) is 77.8 Å². The van der Waals surface area contributed by atoms with Crippen LogP contribution in [0.1, 0.15) is 70.8 Å². The van der Waals surface area contributed by atoms with E-state index in [0.29, 0.717) is 32.9 Å². The van der Waals surface area contributed by atoms with Gasteiger partial charge in [0.05, 0.1) is 11.2 Å². The smallest absolute Gasteiger partial charge is 0.352 e. The van der Waals surface area contributed by atoms with Gasteiger partial charge >= 0.3 is 11.9 Å². The highest BCUT2D eigenvalue weighted by Crippen LogP contribution is 2.40. The molecule has 0 aliphatic carbocycles. The summed E-state index contributed by atoms with van der Waals surface area (Å²) in [6, 6.07) is -0.315. The quantitative estimate of drug-likeness (QED) is 0.0190. The normalized spacial score (nSPS) is 18.3. The maximum Gasteiger partial charge on any atom is 0.352 e. The van der Waals surface area contributed by atoms with Crippen molar-refractivity contribution >= 4 is 65.1 Å². The van der Waals surface area contributed by atoms with Crippen molar-refractivity contribution in [1.82, 2.24) is 25.6 Å². The molecule has 0 saturated carbocycles. The number of amides is 3. The zero-order valence-corrected chi connectivity index (χ0v) is 36.6. The van der Waals surface area contributed by atoms with Crippen LogP contribution in [0, 0.1) is 0 Å². The summed E-state index contributed by atoms with van der Waals surface area (Å²) in [5, 5.41) is 52.2. The Labute approximate surface area is 366 Å². The summed E-state index contributed by atoms with van der Waals surface area (Å²) < 4.78 is 2.15. The summed E-state index contributed by atoms with van der Waals surface area (Å²) >= 11 is 2.38. The second-order valence-electron chi connectivity index (χ2n) is 13.8. The first-order valence-corrected chi connectivity index (χ1v) is 21.4. The number of fused-ring (bicyclic) bond motifs is 1. The molecule has 20 nitrogen and oxygen atoms in total. The lowest BCUT2D eigenvalue weighted by molar-refractivity contribution is -0.440. The van der Waals surface area contributed by atoms with Gasteiger partial charge in [-0.3, -0.25) is 24.1 Å². The number of aromatic hydroxyl groups is 1. The van der Waals surface area contributed by atoms with Crippen molar-refractivity contribution in [3.8, 4) is 5.75 Å².